The van der Waals surface area contributed by atoms with Crippen molar-refractivity contribution in [2.45, 2.75) is 50.3 Å². The highest BCUT2D eigenvalue weighted by molar-refractivity contribution is 8.01. The van der Waals surface area contributed by atoms with Crippen LogP contribution >= 0.6 is 23.1 Å². The summed E-state index contributed by atoms with van der Waals surface area (Å²) in [6.07, 6.45) is 6.19. The maximum absolute atomic E-state index is 12.2. The maximum atomic E-state index is 12.2. The summed E-state index contributed by atoms with van der Waals surface area (Å²) >= 11 is 2.99. The second-order valence-electron chi connectivity index (χ2n) is 5.31. The molecule has 0 radical (unpaired) electrons. The molecule has 118 valence electrons. The third-order valence-electron chi connectivity index (χ3n) is 3.43. The first-order valence-electron chi connectivity index (χ1n) is 7.74. The van der Waals surface area contributed by atoms with E-state index >= 15 is 0 Å². The smallest absolute Gasteiger partial charge is 0.174 e. The number of rotatable bonds is 9. The minimum Gasteiger partial charge on any atom is -0.293 e. The highest BCUT2D eigenvalue weighted by atomic mass is 32.2. The standard InChI is InChI=1S/C17H22N2OS2/c1-3-4-5-6-7-14-8-10-15(11-9-14)16(20)12-21-17-19-18-13(2)22-17/h8-11H,3-7,12H2,1-2H3. The van der Waals surface area contributed by atoms with Gasteiger partial charge in [0, 0.05) is 5.56 Å². The lowest BCUT2D eigenvalue weighted by Gasteiger charge is -2.03. The van der Waals surface area contributed by atoms with Crippen molar-refractivity contribution in [1.82, 2.24) is 10.2 Å². The topological polar surface area (TPSA) is 42.9 Å². The summed E-state index contributed by atoms with van der Waals surface area (Å²) < 4.78 is 0.860. The van der Waals surface area contributed by atoms with Crippen LogP contribution in [-0.4, -0.2) is 21.7 Å². The number of ketones is 1. The van der Waals surface area contributed by atoms with E-state index in [0.29, 0.717) is 5.75 Å². The van der Waals surface area contributed by atoms with E-state index in [-0.39, 0.29) is 5.78 Å². The van der Waals surface area contributed by atoms with Crippen molar-refractivity contribution >= 4 is 28.9 Å². The second kappa shape index (κ2) is 9.06. The van der Waals surface area contributed by atoms with Gasteiger partial charge in [-0.15, -0.1) is 10.2 Å². The van der Waals surface area contributed by atoms with Crippen LogP contribution in [0.1, 0.15) is 53.5 Å². The molecule has 1 aromatic carbocycles. The Morgan fingerprint density at radius 3 is 2.55 bits per heavy atom. The highest BCUT2D eigenvalue weighted by Crippen LogP contribution is 2.22. The number of benzene rings is 1. The first-order valence-corrected chi connectivity index (χ1v) is 9.54. The van der Waals surface area contributed by atoms with Gasteiger partial charge in [-0.1, -0.05) is 73.6 Å². The fourth-order valence-corrected chi connectivity index (χ4v) is 3.87. The van der Waals surface area contributed by atoms with Gasteiger partial charge in [0.15, 0.2) is 10.1 Å². The van der Waals surface area contributed by atoms with Crippen LogP contribution in [0.5, 0.6) is 0 Å². The van der Waals surface area contributed by atoms with Crippen LogP contribution in [0.3, 0.4) is 0 Å². The molecule has 0 saturated carbocycles. The summed E-state index contributed by atoms with van der Waals surface area (Å²) in [7, 11) is 0. The summed E-state index contributed by atoms with van der Waals surface area (Å²) in [6, 6.07) is 8.06. The Kier molecular flexibility index (Phi) is 7.06. The van der Waals surface area contributed by atoms with Crippen LogP contribution < -0.4 is 0 Å². The van der Waals surface area contributed by atoms with Crippen molar-refractivity contribution in [2.75, 3.05) is 5.75 Å². The Labute approximate surface area is 140 Å². The number of carbonyl (C=O) groups is 1. The fraction of sp³-hybridized carbons (Fsp3) is 0.471. The number of thioether (sulfide) groups is 1. The lowest BCUT2D eigenvalue weighted by atomic mass is 10.0. The average molecular weight is 335 g/mol. The van der Waals surface area contributed by atoms with Crippen molar-refractivity contribution in [3.63, 3.8) is 0 Å². The molecule has 5 heteroatoms. The highest BCUT2D eigenvalue weighted by Gasteiger charge is 2.09. The number of aryl methyl sites for hydroxylation is 2. The summed E-state index contributed by atoms with van der Waals surface area (Å²) in [4.78, 5) is 12.2. The van der Waals surface area contributed by atoms with E-state index < -0.39 is 0 Å². The summed E-state index contributed by atoms with van der Waals surface area (Å²) in [6.45, 7) is 4.14. The zero-order valence-electron chi connectivity index (χ0n) is 13.2. The number of hydrogen-bond acceptors (Lipinski definition) is 5. The van der Waals surface area contributed by atoms with Gasteiger partial charge in [0.25, 0.3) is 0 Å². The molecule has 3 nitrogen and oxygen atoms in total. The Balaban J connectivity index is 1.80. The monoisotopic (exact) mass is 334 g/mol. The van der Waals surface area contributed by atoms with Gasteiger partial charge in [0.05, 0.1) is 5.75 Å². The third-order valence-corrected chi connectivity index (χ3v) is 5.40. The van der Waals surface area contributed by atoms with Gasteiger partial charge in [0.2, 0.25) is 0 Å². The van der Waals surface area contributed by atoms with Gasteiger partial charge >= 0.3 is 0 Å². The fourth-order valence-electron chi connectivity index (χ4n) is 2.16. The zero-order valence-corrected chi connectivity index (χ0v) is 14.8. The van der Waals surface area contributed by atoms with E-state index in [1.165, 1.54) is 54.3 Å². The van der Waals surface area contributed by atoms with Gasteiger partial charge in [0.1, 0.15) is 5.01 Å². The normalized spacial score (nSPS) is 10.8. The van der Waals surface area contributed by atoms with Crippen LogP contribution in [0, 0.1) is 6.92 Å². The van der Waals surface area contributed by atoms with E-state index in [2.05, 4.69) is 29.3 Å². The molecule has 0 aliphatic carbocycles. The Hall–Kier alpha value is -1.20. The van der Waals surface area contributed by atoms with Gasteiger partial charge in [-0.05, 0) is 25.3 Å². The average Bonchev–Trinajstić information content (AvgIpc) is 2.95. The lowest BCUT2D eigenvalue weighted by Crippen LogP contribution is -2.02. The molecule has 0 unspecified atom stereocenters. The van der Waals surface area contributed by atoms with Crippen molar-refractivity contribution < 1.29 is 4.79 Å². The maximum Gasteiger partial charge on any atom is 0.174 e. The van der Waals surface area contributed by atoms with Crippen molar-refractivity contribution in [3.05, 3.63) is 40.4 Å². The zero-order chi connectivity index (χ0) is 15.8. The molecule has 0 amide bonds. The molecule has 22 heavy (non-hydrogen) atoms. The third kappa shape index (κ3) is 5.54. The van der Waals surface area contributed by atoms with Crippen LogP contribution in [0.2, 0.25) is 0 Å². The van der Waals surface area contributed by atoms with Crippen LogP contribution in [0.15, 0.2) is 28.6 Å². The molecule has 2 aromatic rings. The van der Waals surface area contributed by atoms with E-state index in [4.69, 9.17) is 0 Å². The minimum absolute atomic E-state index is 0.149. The number of unbranched alkanes of at least 4 members (excludes halogenated alkanes) is 3. The Morgan fingerprint density at radius 1 is 1.14 bits per heavy atom. The van der Waals surface area contributed by atoms with Crippen molar-refractivity contribution in [3.8, 4) is 0 Å². The van der Waals surface area contributed by atoms with Gasteiger partial charge in [-0.3, -0.25) is 4.79 Å². The van der Waals surface area contributed by atoms with E-state index in [1.807, 2.05) is 19.1 Å². The van der Waals surface area contributed by atoms with E-state index in [9.17, 15) is 4.79 Å². The lowest BCUT2D eigenvalue weighted by molar-refractivity contribution is 0.102. The molecule has 0 N–H and O–H groups in total. The van der Waals surface area contributed by atoms with Gasteiger partial charge in [-0.25, -0.2) is 0 Å². The SMILES string of the molecule is CCCCCCc1ccc(C(=O)CSc2nnc(C)s2)cc1. The number of Topliss-reactive ketones (excluding diaryl/α,β-unsaturated/α-hetero) is 1. The van der Waals surface area contributed by atoms with Gasteiger partial charge in [-0.2, -0.15) is 0 Å². The molecular weight excluding hydrogens is 312 g/mol. The predicted octanol–water partition coefficient (Wildman–Crippen LogP) is 4.94. The molecule has 0 atom stereocenters. The quantitative estimate of drug-likeness (QED) is 0.370. The Bertz CT molecular complexity index is 593. The van der Waals surface area contributed by atoms with E-state index in [1.54, 1.807) is 0 Å². The summed E-state index contributed by atoms with van der Waals surface area (Å²) in [5, 5.41) is 8.91. The van der Waals surface area contributed by atoms with E-state index in [0.717, 1.165) is 21.3 Å². The van der Waals surface area contributed by atoms with Crippen LogP contribution in [0.4, 0.5) is 0 Å². The van der Waals surface area contributed by atoms with Crippen LogP contribution in [-0.2, 0) is 6.42 Å². The molecule has 0 bridgehead atoms. The first kappa shape index (κ1) is 17.2. The summed E-state index contributed by atoms with van der Waals surface area (Å²) in [5.41, 5.74) is 2.10. The number of nitrogens with zero attached hydrogens (tertiary/aromatic N) is 2. The molecule has 0 saturated heterocycles. The summed E-state index contributed by atoms with van der Waals surface area (Å²) in [5.74, 6) is 0.570. The number of aromatic nitrogens is 2. The Morgan fingerprint density at radius 2 is 1.91 bits per heavy atom. The number of carbonyl (C=O) groups excluding carboxylic acids is 1. The second-order valence-corrected chi connectivity index (χ2v) is 7.71. The molecule has 2 rings (SSSR count). The molecule has 0 spiro atoms. The van der Waals surface area contributed by atoms with Crippen LogP contribution in [0.25, 0.3) is 0 Å². The molecule has 0 fully saturated rings. The van der Waals surface area contributed by atoms with Crippen molar-refractivity contribution in [2.24, 2.45) is 0 Å². The predicted molar refractivity (Wildman–Crippen MR) is 94.0 cm³/mol. The number of hydrogen-bond donors (Lipinski definition) is 0. The molecule has 1 aromatic heterocycles. The molecular formula is C17H22N2OS2. The molecule has 1 heterocycles. The van der Waals surface area contributed by atoms with Gasteiger partial charge < -0.3 is 0 Å². The van der Waals surface area contributed by atoms with Crippen molar-refractivity contribution in [1.29, 1.82) is 0 Å². The largest absolute Gasteiger partial charge is 0.293 e. The first-order chi connectivity index (χ1) is 10.7. The molecule has 0 aliphatic rings. The minimum atomic E-state index is 0.149. The molecule has 0 aliphatic heterocycles.